The lowest BCUT2D eigenvalue weighted by atomic mass is 10.2. The Kier molecular flexibility index (Phi) is 3.92. The molecule has 6 nitrogen and oxygen atoms in total. The van der Waals surface area contributed by atoms with Crippen LogP contribution >= 0.6 is 0 Å². The number of para-hydroxylation sites is 2. The second-order valence-electron chi connectivity index (χ2n) is 5.67. The van der Waals surface area contributed by atoms with Gasteiger partial charge in [-0.3, -0.25) is 4.79 Å². The second-order valence-corrected chi connectivity index (χ2v) is 5.67. The fourth-order valence-corrected chi connectivity index (χ4v) is 2.56. The largest absolute Gasteiger partial charge is 0.348 e. The van der Waals surface area contributed by atoms with Crippen LogP contribution in [0.5, 0.6) is 0 Å². The van der Waals surface area contributed by atoms with Crippen LogP contribution in [0.2, 0.25) is 0 Å². The third kappa shape index (κ3) is 3.04. The highest BCUT2D eigenvalue weighted by atomic mass is 19.1. The minimum Gasteiger partial charge on any atom is -0.348 e. The Hall–Kier alpha value is -3.55. The highest BCUT2D eigenvalue weighted by Gasteiger charge is 2.12. The van der Waals surface area contributed by atoms with E-state index < -0.39 is 17.5 Å². The monoisotopic (exact) mass is 353 g/mol. The molecule has 0 radical (unpaired) electrons. The summed E-state index contributed by atoms with van der Waals surface area (Å²) in [6.07, 6.45) is 2.89. The van der Waals surface area contributed by atoms with Crippen molar-refractivity contribution in [2.75, 3.05) is 0 Å². The summed E-state index contributed by atoms with van der Waals surface area (Å²) >= 11 is 0. The van der Waals surface area contributed by atoms with Crippen molar-refractivity contribution in [1.29, 1.82) is 0 Å². The average Bonchev–Trinajstić information content (AvgIpc) is 3.28. The molecule has 4 rings (SSSR count). The lowest BCUT2D eigenvalue weighted by Crippen LogP contribution is -2.23. The maximum atomic E-state index is 13.6. The minimum atomic E-state index is -0.579. The van der Waals surface area contributed by atoms with Gasteiger partial charge in [-0.1, -0.05) is 12.1 Å². The van der Waals surface area contributed by atoms with Crippen molar-refractivity contribution in [3.8, 4) is 5.95 Å². The molecule has 0 atom stereocenters. The second kappa shape index (κ2) is 6.40. The van der Waals surface area contributed by atoms with E-state index in [9.17, 15) is 13.6 Å². The number of carbonyl (C=O) groups excluding carboxylic acids is 1. The molecule has 0 spiro atoms. The lowest BCUT2D eigenvalue weighted by Gasteiger charge is -2.05. The molecule has 0 fully saturated rings. The number of imidazole rings is 1. The number of hydrogen-bond acceptors (Lipinski definition) is 3. The Morgan fingerprint density at radius 3 is 2.88 bits per heavy atom. The SMILES string of the molecule is O=C(NCc1cc(F)ccc1F)c1cnn(-c2nc3ccccc3[nH]2)c1. The molecule has 2 N–H and O–H groups in total. The quantitative estimate of drug-likeness (QED) is 0.592. The van der Waals surface area contributed by atoms with Crippen LogP contribution in [0.25, 0.3) is 17.0 Å². The zero-order valence-corrected chi connectivity index (χ0v) is 13.4. The van der Waals surface area contributed by atoms with Crippen molar-refractivity contribution in [2.24, 2.45) is 0 Å². The van der Waals surface area contributed by atoms with Crippen LogP contribution in [-0.4, -0.2) is 25.7 Å². The maximum absolute atomic E-state index is 13.6. The smallest absolute Gasteiger partial charge is 0.254 e. The molecule has 26 heavy (non-hydrogen) atoms. The Bertz CT molecular complexity index is 1070. The molecule has 2 aromatic carbocycles. The molecule has 0 unspecified atom stereocenters. The molecule has 1 amide bonds. The van der Waals surface area contributed by atoms with Gasteiger partial charge in [0, 0.05) is 18.3 Å². The van der Waals surface area contributed by atoms with Crippen molar-refractivity contribution in [1.82, 2.24) is 25.1 Å². The van der Waals surface area contributed by atoms with Gasteiger partial charge in [-0.05, 0) is 30.3 Å². The zero-order valence-electron chi connectivity index (χ0n) is 13.4. The molecule has 2 aromatic heterocycles. The van der Waals surface area contributed by atoms with Gasteiger partial charge in [0.15, 0.2) is 0 Å². The van der Waals surface area contributed by atoms with Crippen LogP contribution in [0, 0.1) is 11.6 Å². The molecular formula is C18H13F2N5O. The van der Waals surface area contributed by atoms with Crippen molar-refractivity contribution in [2.45, 2.75) is 6.54 Å². The van der Waals surface area contributed by atoms with Crippen LogP contribution in [0.15, 0.2) is 54.9 Å². The van der Waals surface area contributed by atoms with E-state index in [1.165, 1.54) is 17.1 Å². The number of H-pyrrole nitrogens is 1. The highest BCUT2D eigenvalue weighted by molar-refractivity contribution is 5.93. The van der Waals surface area contributed by atoms with E-state index in [0.29, 0.717) is 5.95 Å². The summed E-state index contributed by atoms with van der Waals surface area (Å²) in [5, 5.41) is 6.66. The van der Waals surface area contributed by atoms with Gasteiger partial charge in [0.25, 0.3) is 5.91 Å². The van der Waals surface area contributed by atoms with Crippen molar-refractivity contribution < 1.29 is 13.6 Å². The first-order chi connectivity index (χ1) is 12.6. The molecule has 130 valence electrons. The Morgan fingerprint density at radius 1 is 1.19 bits per heavy atom. The summed E-state index contributed by atoms with van der Waals surface area (Å²) < 4.78 is 28.2. The van der Waals surface area contributed by atoms with Gasteiger partial charge in [-0.15, -0.1) is 0 Å². The molecule has 0 aliphatic carbocycles. The van der Waals surface area contributed by atoms with Gasteiger partial charge < -0.3 is 10.3 Å². The van der Waals surface area contributed by atoms with Gasteiger partial charge in [0.05, 0.1) is 22.8 Å². The summed E-state index contributed by atoms with van der Waals surface area (Å²) in [7, 11) is 0. The maximum Gasteiger partial charge on any atom is 0.254 e. The number of nitrogens with one attached hydrogen (secondary N) is 2. The number of aromatic amines is 1. The number of rotatable bonds is 4. The molecular weight excluding hydrogens is 340 g/mol. The van der Waals surface area contributed by atoms with E-state index in [4.69, 9.17) is 0 Å². The van der Waals surface area contributed by atoms with Crippen LogP contribution in [-0.2, 0) is 6.54 Å². The fraction of sp³-hybridized carbons (Fsp3) is 0.0556. The molecule has 8 heteroatoms. The van der Waals surface area contributed by atoms with Gasteiger partial charge in [-0.25, -0.2) is 18.4 Å². The summed E-state index contributed by atoms with van der Waals surface area (Å²) in [4.78, 5) is 19.7. The number of carbonyl (C=O) groups is 1. The Balaban J connectivity index is 1.50. The minimum absolute atomic E-state index is 0.0722. The van der Waals surface area contributed by atoms with Crippen LogP contribution in [0.4, 0.5) is 8.78 Å². The summed E-state index contributed by atoms with van der Waals surface area (Å²) in [5.41, 5.74) is 1.99. The number of benzene rings is 2. The third-order valence-corrected chi connectivity index (χ3v) is 3.89. The number of aromatic nitrogens is 4. The van der Waals surface area contributed by atoms with Crippen molar-refractivity contribution in [3.05, 3.63) is 77.6 Å². The van der Waals surface area contributed by atoms with Gasteiger partial charge in [0.1, 0.15) is 11.6 Å². The van der Waals surface area contributed by atoms with Crippen LogP contribution in [0.1, 0.15) is 15.9 Å². The Morgan fingerprint density at radius 2 is 2.04 bits per heavy atom. The van der Waals surface area contributed by atoms with Crippen molar-refractivity contribution in [3.63, 3.8) is 0 Å². The lowest BCUT2D eigenvalue weighted by molar-refractivity contribution is 0.0950. The fourth-order valence-electron chi connectivity index (χ4n) is 2.56. The van der Waals surface area contributed by atoms with E-state index in [0.717, 1.165) is 29.2 Å². The topological polar surface area (TPSA) is 75.6 Å². The molecule has 0 saturated carbocycles. The molecule has 0 aliphatic rings. The molecule has 0 aliphatic heterocycles. The Labute approximate surface area is 146 Å². The molecule has 2 heterocycles. The highest BCUT2D eigenvalue weighted by Crippen LogP contribution is 2.14. The van der Waals surface area contributed by atoms with E-state index in [1.807, 2.05) is 24.3 Å². The number of fused-ring (bicyclic) bond motifs is 1. The zero-order chi connectivity index (χ0) is 18.1. The number of hydrogen-bond donors (Lipinski definition) is 2. The van der Waals surface area contributed by atoms with E-state index in [-0.39, 0.29) is 17.7 Å². The summed E-state index contributed by atoms with van der Waals surface area (Å²) in [6, 6.07) is 10.6. The molecule has 4 aromatic rings. The number of nitrogens with zero attached hydrogens (tertiary/aromatic N) is 3. The predicted octanol–water partition coefficient (Wildman–Crippen LogP) is 2.96. The molecule has 0 bridgehead atoms. The third-order valence-electron chi connectivity index (χ3n) is 3.89. The van der Waals surface area contributed by atoms with Gasteiger partial charge >= 0.3 is 0 Å². The van der Waals surface area contributed by atoms with Gasteiger partial charge in [0.2, 0.25) is 5.95 Å². The van der Waals surface area contributed by atoms with Crippen LogP contribution in [0.3, 0.4) is 0 Å². The first-order valence-electron chi connectivity index (χ1n) is 7.82. The number of halogens is 2. The van der Waals surface area contributed by atoms with E-state index in [1.54, 1.807) is 0 Å². The first kappa shape index (κ1) is 15.9. The van der Waals surface area contributed by atoms with Crippen molar-refractivity contribution >= 4 is 16.9 Å². The van der Waals surface area contributed by atoms with E-state index in [2.05, 4.69) is 20.4 Å². The summed E-state index contributed by atoms with van der Waals surface area (Å²) in [5.74, 6) is -1.12. The molecule has 0 saturated heterocycles. The summed E-state index contributed by atoms with van der Waals surface area (Å²) in [6.45, 7) is -0.127. The number of amides is 1. The first-order valence-corrected chi connectivity index (χ1v) is 7.82. The van der Waals surface area contributed by atoms with E-state index >= 15 is 0 Å². The standard InChI is InChI=1S/C18H13F2N5O/c19-13-5-6-14(20)11(7-13)8-21-17(26)12-9-22-25(10-12)18-23-15-3-1-2-4-16(15)24-18/h1-7,9-10H,8H2,(H,21,26)(H,23,24). The average molecular weight is 353 g/mol. The predicted molar refractivity (Wildman–Crippen MR) is 90.7 cm³/mol. The normalized spacial score (nSPS) is 11.0. The van der Waals surface area contributed by atoms with Gasteiger partial charge in [-0.2, -0.15) is 5.10 Å². The van der Waals surface area contributed by atoms with Crippen LogP contribution < -0.4 is 5.32 Å².